The van der Waals surface area contributed by atoms with E-state index in [1.165, 1.54) is 0 Å². The Balaban J connectivity index is 1.82. The molecular weight excluding hydrogens is 206 g/mol. The highest BCUT2D eigenvalue weighted by Crippen LogP contribution is 2.00. The fraction of sp³-hybridized carbons (Fsp3) is 0.333. The van der Waals surface area contributed by atoms with Gasteiger partial charge in [0.15, 0.2) is 5.82 Å². The Morgan fingerprint density at radius 3 is 2.69 bits per heavy atom. The van der Waals surface area contributed by atoms with E-state index in [-0.39, 0.29) is 0 Å². The molecule has 2 rings (SSSR count). The minimum absolute atomic E-state index is 0.553. The van der Waals surface area contributed by atoms with Gasteiger partial charge in [-0.25, -0.2) is 15.0 Å². The molecule has 0 fully saturated rings. The third-order valence-corrected chi connectivity index (χ3v) is 1.95. The molecule has 0 spiro atoms. The van der Waals surface area contributed by atoms with Gasteiger partial charge in [-0.3, -0.25) is 4.68 Å². The monoisotopic (exact) mass is 219 g/mol. The SMILES string of the molecule is Cn1cnc(CCNc2ncc(N)cn2)n1. The summed E-state index contributed by atoms with van der Waals surface area (Å²) in [6.07, 6.45) is 5.53. The zero-order chi connectivity index (χ0) is 11.4. The van der Waals surface area contributed by atoms with Gasteiger partial charge < -0.3 is 11.1 Å². The van der Waals surface area contributed by atoms with Gasteiger partial charge in [-0.2, -0.15) is 5.10 Å². The van der Waals surface area contributed by atoms with Crippen molar-refractivity contribution in [1.29, 1.82) is 0 Å². The van der Waals surface area contributed by atoms with Crippen LogP contribution in [-0.4, -0.2) is 31.3 Å². The molecule has 0 amide bonds. The van der Waals surface area contributed by atoms with Gasteiger partial charge in [-0.1, -0.05) is 0 Å². The zero-order valence-corrected chi connectivity index (χ0v) is 8.96. The van der Waals surface area contributed by atoms with Crippen molar-refractivity contribution < 1.29 is 0 Å². The Labute approximate surface area is 92.7 Å². The lowest BCUT2D eigenvalue weighted by molar-refractivity contribution is 0.741. The number of nitrogens with one attached hydrogen (secondary N) is 1. The number of hydrogen-bond donors (Lipinski definition) is 2. The number of aromatic nitrogens is 5. The molecule has 7 nitrogen and oxygen atoms in total. The fourth-order valence-electron chi connectivity index (χ4n) is 1.21. The number of nitrogens with two attached hydrogens (primary N) is 1. The van der Waals surface area contributed by atoms with Crippen LogP contribution in [0.1, 0.15) is 5.82 Å². The van der Waals surface area contributed by atoms with Gasteiger partial charge in [0.25, 0.3) is 0 Å². The van der Waals surface area contributed by atoms with Crippen molar-refractivity contribution in [2.24, 2.45) is 7.05 Å². The van der Waals surface area contributed by atoms with E-state index in [2.05, 4.69) is 25.4 Å². The summed E-state index contributed by atoms with van der Waals surface area (Å²) in [7, 11) is 1.84. The largest absolute Gasteiger partial charge is 0.396 e. The van der Waals surface area contributed by atoms with Gasteiger partial charge in [0.2, 0.25) is 5.95 Å². The highest BCUT2D eigenvalue weighted by Gasteiger charge is 1.99. The summed E-state index contributed by atoms with van der Waals surface area (Å²) in [5.74, 6) is 1.36. The Morgan fingerprint density at radius 2 is 2.06 bits per heavy atom. The minimum Gasteiger partial charge on any atom is -0.396 e. The normalized spacial score (nSPS) is 10.3. The smallest absolute Gasteiger partial charge is 0.222 e. The van der Waals surface area contributed by atoms with Crippen molar-refractivity contribution >= 4 is 11.6 Å². The molecule has 84 valence electrons. The molecule has 0 aliphatic carbocycles. The molecule has 0 bridgehead atoms. The van der Waals surface area contributed by atoms with E-state index in [1.54, 1.807) is 23.4 Å². The van der Waals surface area contributed by atoms with Crippen LogP contribution in [0.4, 0.5) is 11.6 Å². The molecule has 2 aromatic heterocycles. The average molecular weight is 219 g/mol. The summed E-state index contributed by atoms with van der Waals surface area (Å²) in [4.78, 5) is 12.2. The molecule has 0 aliphatic heterocycles. The van der Waals surface area contributed by atoms with Gasteiger partial charge in [0.1, 0.15) is 6.33 Å². The van der Waals surface area contributed by atoms with Gasteiger partial charge in [-0.15, -0.1) is 0 Å². The topological polar surface area (TPSA) is 94.5 Å². The van der Waals surface area contributed by atoms with E-state index in [1.807, 2.05) is 7.05 Å². The second kappa shape index (κ2) is 4.56. The number of nitrogens with zero attached hydrogens (tertiary/aromatic N) is 5. The van der Waals surface area contributed by atoms with Gasteiger partial charge in [0, 0.05) is 20.0 Å². The maximum atomic E-state index is 5.47. The standard InChI is InChI=1S/C9H13N7/c1-16-6-14-8(15-16)2-3-11-9-12-4-7(10)5-13-9/h4-6H,2-3,10H2,1H3,(H,11,12,13). The summed E-state index contributed by atoms with van der Waals surface area (Å²) >= 11 is 0. The summed E-state index contributed by atoms with van der Waals surface area (Å²) in [6, 6.07) is 0. The van der Waals surface area contributed by atoms with Crippen molar-refractivity contribution in [3.8, 4) is 0 Å². The molecule has 0 aromatic carbocycles. The van der Waals surface area contributed by atoms with Crippen LogP contribution in [-0.2, 0) is 13.5 Å². The first-order valence-corrected chi connectivity index (χ1v) is 4.90. The third kappa shape index (κ3) is 2.66. The van der Waals surface area contributed by atoms with E-state index < -0.39 is 0 Å². The lowest BCUT2D eigenvalue weighted by atomic mass is 10.4. The third-order valence-electron chi connectivity index (χ3n) is 1.95. The molecule has 2 heterocycles. The summed E-state index contributed by atoms with van der Waals surface area (Å²) in [5, 5.41) is 7.22. The Kier molecular flexibility index (Phi) is 2.95. The first-order chi connectivity index (χ1) is 7.74. The van der Waals surface area contributed by atoms with Gasteiger partial charge >= 0.3 is 0 Å². The van der Waals surface area contributed by atoms with Crippen LogP contribution in [0.15, 0.2) is 18.7 Å². The lowest BCUT2D eigenvalue weighted by Gasteiger charge is -2.02. The van der Waals surface area contributed by atoms with Crippen molar-refractivity contribution in [1.82, 2.24) is 24.7 Å². The summed E-state index contributed by atoms with van der Waals surface area (Å²) in [5.41, 5.74) is 6.03. The van der Waals surface area contributed by atoms with Crippen LogP contribution in [0.2, 0.25) is 0 Å². The predicted molar refractivity (Wildman–Crippen MR) is 59.6 cm³/mol. The Morgan fingerprint density at radius 1 is 1.31 bits per heavy atom. The molecule has 3 N–H and O–H groups in total. The first-order valence-electron chi connectivity index (χ1n) is 4.90. The second-order valence-electron chi connectivity index (χ2n) is 3.35. The summed E-state index contributed by atoms with van der Waals surface area (Å²) < 4.78 is 1.68. The number of anilines is 2. The second-order valence-corrected chi connectivity index (χ2v) is 3.35. The first kappa shape index (κ1) is 10.3. The van der Waals surface area contributed by atoms with Crippen LogP contribution in [0.3, 0.4) is 0 Å². The van der Waals surface area contributed by atoms with E-state index >= 15 is 0 Å². The minimum atomic E-state index is 0.553. The average Bonchev–Trinajstić information content (AvgIpc) is 2.67. The van der Waals surface area contributed by atoms with Crippen molar-refractivity contribution in [2.75, 3.05) is 17.6 Å². The van der Waals surface area contributed by atoms with Crippen LogP contribution in [0, 0.1) is 0 Å². The maximum absolute atomic E-state index is 5.47. The van der Waals surface area contributed by atoms with Crippen LogP contribution in [0.25, 0.3) is 0 Å². The van der Waals surface area contributed by atoms with Crippen LogP contribution in [0.5, 0.6) is 0 Å². The molecule has 0 saturated heterocycles. The number of hydrogen-bond acceptors (Lipinski definition) is 6. The molecular formula is C9H13N7. The van der Waals surface area contributed by atoms with Crippen molar-refractivity contribution in [2.45, 2.75) is 6.42 Å². The molecule has 0 unspecified atom stereocenters. The lowest BCUT2D eigenvalue weighted by Crippen LogP contribution is -2.09. The Hall–Kier alpha value is -2.18. The van der Waals surface area contributed by atoms with Crippen molar-refractivity contribution in [3.63, 3.8) is 0 Å². The zero-order valence-electron chi connectivity index (χ0n) is 8.96. The molecule has 7 heteroatoms. The predicted octanol–water partition coefficient (Wildman–Crippen LogP) is -0.158. The number of aryl methyl sites for hydroxylation is 1. The van der Waals surface area contributed by atoms with Crippen LogP contribution >= 0.6 is 0 Å². The number of nitrogen functional groups attached to an aromatic ring is 1. The van der Waals surface area contributed by atoms with Crippen LogP contribution < -0.4 is 11.1 Å². The quantitative estimate of drug-likeness (QED) is 0.742. The van der Waals surface area contributed by atoms with E-state index in [0.29, 0.717) is 18.2 Å². The van der Waals surface area contributed by atoms with Crippen molar-refractivity contribution in [3.05, 3.63) is 24.5 Å². The van der Waals surface area contributed by atoms with E-state index in [0.717, 1.165) is 12.2 Å². The molecule has 0 atom stereocenters. The highest BCUT2D eigenvalue weighted by molar-refractivity contribution is 5.35. The molecule has 0 aliphatic rings. The highest BCUT2D eigenvalue weighted by atomic mass is 15.3. The summed E-state index contributed by atoms with van der Waals surface area (Å²) in [6.45, 7) is 0.688. The fourth-order valence-corrected chi connectivity index (χ4v) is 1.21. The van der Waals surface area contributed by atoms with Gasteiger partial charge in [0.05, 0.1) is 18.1 Å². The Bertz CT molecular complexity index is 447. The molecule has 0 radical (unpaired) electrons. The van der Waals surface area contributed by atoms with Gasteiger partial charge in [-0.05, 0) is 0 Å². The molecule has 16 heavy (non-hydrogen) atoms. The maximum Gasteiger partial charge on any atom is 0.222 e. The van der Waals surface area contributed by atoms with E-state index in [9.17, 15) is 0 Å². The number of rotatable bonds is 4. The molecule has 2 aromatic rings. The molecule has 0 saturated carbocycles. The van der Waals surface area contributed by atoms with E-state index in [4.69, 9.17) is 5.73 Å².